The van der Waals surface area contributed by atoms with E-state index in [4.69, 9.17) is 4.74 Å². The Morgan fingerprint density at radius 2 is 1.71 bits per heavy atom. The van der Waals surface area contributed by atoms with Gasteiger partial charge in [0.1, 0.15) is 12.1 Å². The van der Waals surface area contributed by atoms with E-state index in [0.29, 0.717) is 11.3 Å². The van der Waals surface area contributed by atoms with Crippen molar-refractivity contribution in [3.8, 4) is 0 Å². The highest BCUT2D eigenvalue weighted by atomic mass is 16.5. The van der Waals surface area contributed by atoms with Crippen LogP contribution in [0.4, 0.5) is 10.5 Å². The Morgan fingerprint density at radius 3 is 2.32 bits per heavy atom. The predicted molar refractivity (Wildman–Crippen MR) is 114 cm³/mol. The van der Waals surface area contributed by atoms with Gasteiger partial charge < -0.3 is 15.0 Å². The van der Waals surface area contributed by atoms with Gasteiger partial charge in [0.15, 0.2) is 6.10 Å². The molecule has 2 aromatic rings. The van der Waals surface area contributed by atoms with Crippen molar-refractivity contribution in [1.29, 1.82) is 0 Å². The van der Waals surface area contributed by atoms with Crippen LogP contribution in [-0.2, 0) is 24.7 Å². The lowest BCUT2D eigenvalue weighted by Gasteiger charge is -2.23. The van der Waals surface area contributed by atoms with Crippen molar-refractivity contribution in [2.45, 2.75) is 32.4 Å². The van der Waals surface area contributed by atoms with E-state index in [1.165, 1.54) is 11.8 Å². The van der Waals surface area contributed by atoms with Crippen molar-refractivity contribution in [1.82, 2.24) is 10.2 Å². The van der Waals surface area contributed by atoms with Gasteiger partial charge >= 0.3 is 12.0 Å². The summed E-state index contributed by atoms with van der Waals surface area (Å²) in [4.78, 5) is 52.5. The first kappa shape index (κ1) is 22.0. The largest absolute Gasteiger partial charge is 0.451 e. The summed E-state index contributed by atoms with van der Waals surface area (Å²) in [6.45, 7) is 4.37. The van der Waals surface area contributed by atoms with Gasteiger partial charge in [-0.25, -0.2) is 4.79 Å². The molecule has 0 saturated carbocycles. The summed E-state index contributed by atoms with van der Waals surface area (Å²) >= 11 is 0. The second kappa shape index (κ2) is 8.59. The number of esters is 1. The summed E-state index contributed by atoms with van der Waals surface area (Å²) in [7, 11) is 1.58. The number of hydrogen-bond donors (Lipinski definition) is 1. The normalized spacial score (nSPS) is 19.0. The quantitative estimate of drug-likeness (QED) is 0.568. The average Bonchev–Trinajstić information content (AvgIpc) is 2.97. The minimum atomic E-state index is -1.28. The zero-order chi connectivity index (χ0) is 22.8. The number of carbonyl (C=O) groups excluding carboxylic acids is 4. The van der Waals surface area contributed by atoms with Crippen LogP contribution in [-0.4, -0.2) is 48.4 Å². The zero-order valence-electron chi connectivity index (χ0n) is 17.9. The Balaban J connectivity index is 1.64. The van der Waals surface area contributed by atoms with Crippen molar-refractivity contribution in [3.05, 3.63) is 65.7 Å². The Kier molecular flexibility index (Phi) is 6.10. The summed E-state index contributed by atoms with van der Waals surface area (Å²) in [6, 6.07) is 15.4. The maximum Gasteiger partial charge on any atom is 0.327 e. The molecule has 2 aromatic carbocycles. The Labute approximate surface area is 180 Å². The molecule has 1 heterocycles. The molecule has 31 heavy (non-hydrogen) atoms. The number of imide groups is 1. The van der Waals surface area contributed by atoms with Gasteiger partial charge in [0.05, 0.1) is 0 Å². The van der Waals surface area contributed by atoms with Crippen LogP contribution >= 0.6 is 0 Å². The van der Waals surface area contributed by atoms with E-state index < -0.39 is 42.0 Å². The van der Waals surface area contributed by atoms with Crippen LogP contribution in [0.5, 0.6) is 0 Å². The van der Waals surface area contributed by atoms with Crippen LogP contribution in [0.15, 0.2) is 54.6 Å². The van der Waals surface area contributed by atoms with Crippen molar-refractivity contribution >= 4 is 29.5 Å². The number of amides is 4. The van der Waals surface area contributed by atoms with E-state index in [-0.39, 0.29) is 0 Å². The molecule has 3 rings (SSSR count). The smallest absolute Gasteiger partial charge is 0.327 e. The highest BCUT2D eigenvalue weighted by molar-refractivity contribution is 6.09. The molecule has 1 aliphatic rings. The number of hydrogen-bond acceptors (Lipinski definition) is 5. The predicted octanol–water partition coefficient (Wildman–Crippen LogP) is 2.36. The molecule has 0 spiro atoms. The molecule has 0 unspecified atom stereocenters. The lowest BCUT2D eigenvalue weighted by Crippen LogP contribution is -2.43. The molecule has 0 radical (unpaired) electrons. The minimum Gasteiger partial charge on any atom is -0.451 e. The number of benzene rings is 2. The van der Waals surface area contributed by atoms with Gasteiger partial charge in [0.25, 0.3) is 11.8 Å². The van der Waals surface area contributed by atoms with E-state index in [1.807, 2.05) is 25.1 Å². The number of rotatable bonds is 6. The Bertz CT molecular complexity index is 1010. The monoisotopic (exact) mass is 423 g/mol. The Morgan fingerprint density at radius 1 is 1.10 bits per heavy atom. The fourth-order valence-corrected chi connectivity index (χ4v) is 3.39. The molecule has 0 bridgehead atoms. The molecule has 0 aromatic heterocycles. The number of nitrogens with one attached hydrogen (secondary N) is 1. The van der Waals surface area contributed by atoms with E-state index in [2.05, 4.69) is 5.32 Å². The molecule has 1 aliphatic heterocycles. The van der Waals surface area contributed by atoms with Crippen LogP contribution in [0.3, 0.4) is 0 Å². The molecule has 1 N–H and O–H groups in total. The number of anilines is 1. The number of aryl methyl sites for hydroxylation is 1. The first-order valence-electron chi connectivity index (χ1n) is 9.87. The molecule has 4 amide bonds. The zero-order valence-corrected chi connectivity index (χ0v) is 17.9. The summed E-state index contributed by atoms with van der Waals surface area (Å²) < 4.78 is 5.20. The first-order chi connectivity index (χ1) is 14.6. The minimum absolute atomic E-state index is 0.429. The van der Waals surface area contributed by atoms with Gasteiger partial charge in [0.2, 0.25) is 0 Å². The number of nitrogens with zero attached hydrogens (tertiary/aromatic N) is 2. The van der Waals surface area contributed by atoms with E-state index >= 15 is 0 Å². The SMILES string of the molecule is Cc1ccc([C@]2(C)NC(=O)N(CC(=O)O[C@H](C)C(=O)N(C)c3ccccc3)C2=O)cc1. The van der Waals surface area contributed by atoms with Gasteiger partial charge in [-0.2, -0.15) is 0 Å². The summed E-state index contributed by atoms with van der Waals surface area (Å²) in [5.74, 6) is -1.83. The number of urea groups is 1. The number of likely N-dealkylation sites (N-methyl/N-ethyl adjacent to an activating group) is 1. The molecule has 1 fully saturated rings. The van der Waals surface area contributed by atoms with Gasteiger partial charge in [0, 0.05) is 12.7 Å². The number of para-hydroxylation sites is 1. The number of carbonyl (C=O) groups is 4. The molecular formula is C23H25N3O5. The first-order valence-corrected chi connectivity index (χ1v) is 9.87. The molecule has 2 atom stereocenters. The third-order valence-electron chi connectivity index (χ3n) is 5.32. The lowest BCUT2D eigenvalue weighted by atomic mass is 9.91. The highest BCUT2D eigenvalue weighted by Gasteiger charge is 2.49. The van der Waals surface area contributed by atoms with Crippen LogP contribution in [0.1, 0.15) is 25.0 Å². The molecule has 162 valence electrons. The highest BCUT2D eigenvalue weighted by Crippen LogP contribution is 2.29. The van der Waals surface area contributed by atoms with Crippen LogP contribution in [0.2, 0.25) is 0 Å². The van der Waals surface area contributed by atoms with Crippen molar-refractivity contribution < 1.29 is 23.9 Å². The third kappa shape index (κ3) is 4.42. The van der Waals surface area contributed by atoms with Crippen molar-refractivity contribution in [3.63, 3.8) is 0 Å². The van der Waals surface area contributed by atoms with E-state index in [9.17, 15) is 19.2 Å². The third-order valence-corrected chi connectivity index (χ3v) is 5.32. The van der Waals surface area contributed by atoms with Crippen LogP contribution < -0.4 is 10.2 Å². The standard InChI is InChI=1S/C23H25N3O5/c1-15-10-12-17(13-11-15)23(3)21(29)26(22(30)24-23)14-19(27)31-16(2)20(28)25(4)18-8-6-5-7-9-18/h5-13,16H,14H2,1-4H3,(H,24,30)/t16-,23+/m1/s1. The second-order valence-corrected chi connectivity index (χ2v) is 7.68. The maximum absolute atomic E-state index is 12.9. The summed E-state index contributed by atoms with van der Waals surface area (Å²) in [5, 5.41) is 2.64. The van der Waals surface area contributed by atoms with E-state index in [0.717, 1.165) is 10.5 Å². The molecule has 8 heteroatoms. The van der Waals surface area contributed by atoms with Crippen molar-refractivity contribution in [2.24, 2.45) is 0 Å². The molecule has 8 nitrogen and oxygen atoms in total. The fourth-order valence-electron chi connectivity index (χ4n) is 3.39. The molecular weight excluding hydrogens is 398 g/mol. The van der Waals surface area contributed by atoms with Gasteiger partial charge in [-0.1, -0.05) is 48.0 Å². The maximum atomic E-state index is 12.9. The molecule has 0 aliphatic carbocycles. The average molecular weight is 423 g/mol. The second-order valence-electron chi connectivity index (χ2n) is 7.68. The van der Waals surface area contributed by atoms with Crippen LogP contribution in [0, 0.1) is 6.92 Å². The van der Waals surface area contributed by atoms with E-state index in [1.54, 1.807) is 50.4 Å². The lowest BCUT2D eigenvalue weighted by molar-refractivity contribution is -0.155. The summed E-state index contributed by atoms with van der Waals surface area (Å²) in [5.41, 5.74) is 1.00. The number of ether oxygens (including phenoxy) is 1. The summed E-state index contributed by atoms with van der Waals surface area (Å²) in [6.07, 6.45) is -1.08. The topological polar surface area (TPSA) is 96.0 Å². The van der Waals surface area contributed by atoms with Crippen molar-refractivity contribution in [2.75, 3.05) is 18.5 Å². The van der Waals surface area contributed by atoms with Gasteiger partial charge in [-0.05, 0) is 38.5 Å². The van der Waals surface area contributed by atoms with Crippen LogP contribution in [0.25, 0.3) is 0 Å². The molecule has 1 saturated heterocycles. The van der Waals surface area contributed by atoms with Gasteiger partial charge in [-0.15, -0.1) is 0 Å². The van der Waals surface area contributed by atoms with Gasteiger partial charge in [-0.3, -0.25) is 19.3 Å². The fraction of sp³-hybridized carbons (Fsp3) is 0.304. The Hall–Kier alpha value is -3.68.